The summed E-state index contributed by atoms with van der Waals surface area (Å²) in [5.41, 5.74) is 2.63. The molecule has 1 aromatic heterocycles. The first-order valence-electron chi connectivity index (χ1n) is 9.39. The second-order valence-electron chi connectivity index (χ2n) is 7.23. The van der Waals surface area contributed by atoms with E-state index in [0.717, 1.165) is 24.3 Å². The van der Waals surface area contributed by atoms with Crippen molar-refractivity contribution in [3.8, 4) is 11.4 Å². The van der Waals surface area contributed by atoms with Gasteiger partial charge in [0, 0.05) is 17.0 Å². The maximum Gasteiger partial charge on any atom is 0.226 e. The third-order valence-corrected chi connectivity index (χ3v) is 5.84. The molecule has 4 rings (SSSR count). The van der Waals surface area contributed by atoms with Crippen molar-refractivity contribution in [1.82, 2.24) is 10.1 Å². The van der Waals surface area contributed by atoms with E-state index in [2.05, 4.69) is 40.5 Å². The number of benzene rings is 2. The summed E-state index contributed by atoms with van der Waals surface area (Å²) in [4.78, 5) is 4.60. The zero-order valence-electron chi connectivity index (χ0n) is 14.8. The van der Waals surface area contributed by atoms with Gasteiger partial charge in [0.2, 0.25) is 11.7 Å². The standard InChI is InChI=1S/C22H23ClN2O/c23-19-11-9-17(10-12-19)21-24-20(26-25-21)13-16-22(14-5-2-6-15-22)18-7-3-1-4-8-18/h1,3-4,7-12H,2,5-6,13-16H2. The van der Waals surface area contributed by atoms with E-state index in [9.17, 15) is 0 Å². The number of hydrogen-bond donors (Lipinski definition) is 0. The maximum atomic E-state index is 5.95. The minimum Gasteiger partial charge on any atom is -0.339 e. The van der Waals surface area contributed by atoms with Crippen LogP contribution >= 0.6 is 11.6 Å². The molecule has 2 aromatic carbocycles. The summed E-state index contributed by atoms with van der Waals surface area (Å²) in [6.45, 7) is 0. The Morgan fingerprint density at radius 1 is 0.923 bits per heavy atom. The minimum atomic E-state index is 0.244. The quantitative estimate of drug-likeness (QED) is 0.537. The molecule has 0 atom stereocenters. The van der Waals surface area contributed by atoms with Crippen molar-refractivity contribution in [2.45, 2.75) is 50.4 Å². The second-order valence-corrected chi connectivity index (χ2v) is 7.66. The molecule has 4 heteroatoms. The first kappa shape index (κ1) is 17.3. The molecule has 3 nitrogen and oxygen atoms in total. The topological polar surface area (TPSA) is 38.9 Å². The van der Waals surface area contributed by atoms with Crippen LogP contribution in [0.25, 0.3) is 11.4 Å². The van der Waals surface area contributed by atoms with E-state index in [0.29, 0.717) is 10.8 Å². The van der Waals surface area contributed by atoms with Gasteiger partial charge in [-0.25, -0.2) is 0 Å². The molecule has 1 heterocycles. The van der Waals surface area contributed by atoms with Gasteiger partial charge in [-0.1, -0.05) is 66.4 Å². The molecule has 1 fully saturated rings. The summed E-state index contributed by atoms with van der Waals surface area (Å²) in [6.07, 6.45) is 8.30. The summed E-state index contributed by atoms with van der Waals surface area (Å²) < 4.78 is 5.53. The van der Waals surface area contributed by atoms with E-state index in [1.165, 1.54) is 37.7 Å². The Kier molecular flexibility index (Phi) is 5.07. The fourth-order valence-electron chi connectivity index (χ4n) is 4.12. The van der Waals surface area contributed by atoms with Crippen LogP contribution in [0.3, 0.4) is 0 Å². The summed E-state index contributed by atoms with van der Waals surface area (Å²) in [5, 5.41) is 4.85. The minimum absolute atomic E-state index is 0.244. The SMILES string of the molecule is Clc1ccc(-c2noc(CCC3(c4ccccc4)CCCCC3)n2)cc1. The highest BCUT2D eigenvalue weighted by Crippen LogP contribution is 2.42. The first-order valence-corrected chi connectivity index (χ1v) is 9.77. The Labute approximate surface area is 159 Å². The Bertz CT molecular complexity index is 836. The molecule has 0 spiro atoms. The largest absolute Gasteiger partial charge is 0.339 e. The third kappa shape index (κ3) is 3.68. The van der Waals surface area contributed by atoms with Crippen molar-refractivity contribution in [2.24, 2.45) is 0 Å². The van der Waals surface area contributed by atoms with E-state index >= 15 is 0 Å². The fourth-order valence-corrected chi connectivity index (χ4v) is 4.25. The van der Waals surface area contributed by atoms with Crippen molar-refractivity contribution >= 4 is 11.6 Å². The van der Waals surface area contributed by atoms with Gasteiger partial charge in [0.1, 0.15) is 0 Å². The van der Waals surface area contributed by atoms with Crippen molar-refractivity contribution < 1.29 is 4.52 Å². The van der Waals surface area contributed by atoms with E-state index in [1.54, 1.807) is 0 Å². The van der Waals surface area contributed by atoms with Crippen LogP contribution in [-0.4, -0.2) is 10.1 Å². The number of aryl methyl sites for hydroxylation is 1. The van der Waals surface area contributed by atoms with Gasteiger partial charge in [-0.2, -0.15) is 4.98 Å². The normalized spacial score (nSPS) is 16.5. The maximum absolute atomic E-state index is 5.95. The summed E-state index contributed by atoms with van der Waals surface area (Å²) >= 11 is 5.95. The number of rotatable bonds is 5. The molecule has 0 N–H and O–H groups in total. The molecule has 1 aliphatic rings. The second kappa shape index (κ2) is 7.63. The molecule has 0 bridgehead atoms. The number of hydrogen-bond acceptors (Lipinski definition) is 3. The summed E-state index contributed by atoms with van der Waals surface area (Å²) in [6, 6.07) is 18.5. The Hall–Kier alpha value is -2.13. The molecule has 134 valence electrons. The molecule has 0 radical (unpaired) electrons. The molecule has 0 unspecified atom stereocenters. The summed E-state index contributed by atoms with van der Waals surface area (Å²) in [7, 11) is 0. The van der Waals surface area contributed by atoms with Gasteiger partial charge in [0.05, 0.1) is 0 Å². The lowest BCUT2D eigenvalue weighted by Gasteiger charge is -2.38. The van der Waals surface area contributed by atoms with Crippen LogP contribution in [-0.2, 0) is 11.8 Å². The van der Waals surface area contributed by atoms with Crippen LogP contribution in [0.2, 0.25) is 5.02 Å². The van der Waals surface area contributed by atoms with Crippen LogP contribution < -0.4 is 0 Å². The van der Waals surface area contributed by atoms with Crippen LogP contribution in [0.5, 0.6) is 0 Å². The molecule has 26 heavy (non-hydrogen) atoms. The third-order valence-electron chi connectivity index (χ3n) is 5.58. The highest BCUT2D eigenvalue weighted by Gasteiger charge is 2.33. The summed E-state index contributed by atoms with van der Waals surface area (Å²) in [5.74, 6) is 1.35. The van der Waals surface area contributed by atoms with Crippen LogP contribution in [0.1, 0.15) is 50.0 Å². The lowest BCUT2D eigenvalue weighted by Crippen LogP contribution is -2.29. The Morgan fingerprint density at radius 3 is 2.38 bits per heavy atom. The average Bonchev–Trinajstić information content (AvgIpc) is 3.17. The van der Waals surface area contributed by atoms with Gasteiger partial charge in [-0.15, -0.1) is 0 Å². The van der Waals surface area contributed by atoms with Gasteiger partial charge in [0.25, 0.3) is 0 Å². The van der Waals surface area contributed by atoms with E-state index in [-0.39, 0.29) is 5.41 Å². The van der Waals surface area contributed by atoms with Gasteiger partial charge in [-0.05, 0) is 54.5 Å². The van der Waals surface area contributed by atoms with E-state index in [4.69, 9.17) is 16.1 Å². The molecule has 0 amide bonds. The molecule has 0 aliphatic heterocycles. The monoisotopic (exact) mass is 366 g/mol. The number of aromatic nitrogens is 2. The molecule has 0 saturated heterocycles. The number of halogens is 1. The zero-order chi connectivity index (χ0) is 17.8. The van der Waals surface area contributed by atoms with Crippen LogP contribution in [0, 0.1) is 0 Å². The lowest BCUT2D eigenvalue weighted by molar-refractivity contribution is 0.261. The smallest absolute Gasteiger partial charge is 0.226 e. The molecule has 3 aromatic rings. The van der Waals surface area contributed by atoms with Crippen molar-refractivity contribution in [3.05, 3.63) is 71.1 Å². The zero-order valence-corrected chi connectivity index (χ0v) is 15.6. The van der Waals surface area contributed by atoms with Gasteiger partial charge in [-0.3, -0.25) is 0 Å². The molecule has 1 aliphatic carbocycles. The highest BCUT2D eigenvalue weighted by atomic mass is 35.5. The molecular formula is C22H23ClN2O. The van der Waals surface area contributed by atoms with Crippen LogP contribution in [0.4, 0.5) is 0 Å². The average molecular weight is 367 g/mol. The fraction of sp³-hybridized carbons (Fsp3) is 0.364. The van der Waals surface area contributed by atoms with Crippen molar-refractivity contribution in [3.63, 3.8) is 0 Å². The number of nitrogens with zero attached hydrogens (tertiary/aromatic N) is 2. The first-order chi connectivity index (χ1) is 12.8. The highest BCUT2D eigenvalue weighted by molar-refractivity contribution is 6.30. The van der Waals surface area contributed by atoms with E-state index < -0.39 is 0 Å². The molecular weight excluding hydrogens is 344 g/mol. The van der Waals surface area contributed by atoms with Gasteiger partial charge in [0.15, 0.2) is 0 Å². The molecule has 1 saturated carbocycles. The van der Waals surface area contributed by atoms with Crippen LogP contribution in [0.15, 0.2) is 59.1 Å². The van der Waals surface area contributed by atoms with Crippen molar-refractivity contribution in [2.75, 3.05) is 0 Å². The predicted molar refractivity (Wildman–Crippen MR) is 104 cm³/mol. The lowest BCUT2D eigenvalue weighted by atomic mass is 9.67. The van der Waals surface area contributed by atoms with Gasteiger partial charge < -0.3 is 4.52 Å². The van der Waals surface area contributed by atoms with Gasteiger partial charge >= 0.3 is 0 Å². The Balaban J connectivity index is 1.51. The van der Waals surface area contributed by atoms with Crippen molar-refractivity contribution in [1.29, 1.82) is 0 Å². The predicted octanol–water partition coefficient (Wildman–Crippen LogP) is 6.22. The van der Waals surface area contributed by atoms with E-state index in [1.807, 2.05) is 24.3 Å². The Morgan fingerprint density at radius 2 is 1.65 bits per heavy atom.